The number of benzene rings is 1. The number of aromatic carboxylic acids is 1. The van der Waals surface area contributed by atoms with Crippen molar-refractivity contribution in [3.8, 4) is 0 Å². The number of pyridine rings is 1. The number of anilines is 1. The van der Waals surface area contributed by atoms with Gasteiger partial charge in [-0.3, -0.25) is 9.20 Å². The number of amides is 1. The van der Waals surface area contributed by atoms with Crippen LogP contribution in [0.15, 0.2) is 48.8 Å². The number of carbonyl (C=O) groups excluding carboxylic acids is 1. The summed E-state index contributed by atoms with van der Waals surface area (Å²) >= 11 is 0. The molecule has 3 rings (SSSR count). The van der Waals surface area contributed by atoms with Crippen LogP contribution in [0, 0.1) is 6.92 Å². The third-order valence-electron chi connectivity index (χ3n) is 3.30. The second-order valence-electron chi connectivity index (χ2n) is 4.88. The molecule has 1 aromatic carbocycles. The summed E-state index contributed by atoms with van der Waals surface area (Å²) in [5, 5.41) is 11.8. The molecule has 22 heavy (non-hydrogen) atoms. The lowest BCUT2D eigenvalue weighted by molar-refractivity contribution is 0.0698. The van der Waals surface area contributed by atoms with Gasteiger partial charge < -0.3 is 10.4 Å². The summed E-state index contributed by atoms with van der Waals surface area (Å²) in [6, 6.07) is 10.2. The van der Waals surface area contributed by atoms with Gasteiger partial charge in [-0.1, -0.05) is 12.1 Å². The van der Waals surface area contributed by atoms with Crippen molar-refractivity contribution in [1.29, 1.82) is 0 Å². The van der Waals surface area contributed by atoms with Crippen LogP contribution < -0.4 is 5.32 Å². The van der Waals surface area contributed by atoms with Crippen LogP contribution in [-0.4, -0.2) is 26.4 Å². The quantitative estimate of drug-likeness (QED) is 0.778. The zero-order valence-electron chi connectivity index (χ0n) is 11.8. The molecule has 0 unspecified atom stereocenters. The zero-order chi connectivity index (χ0) is 15.7. The van der Waals surface area contributed by atoms with E-state index in [2.05, 4.69) is 10.3 Å². The minimum atomic E-state index is -1.09. The summed E-state index contributed by atoms with van der Waals surface area (Å²) in [4.78, 5) is 27.8. The number of hydrogen-bond donors (Lipinski definition) is 2. The van der Waals surface area contributed by atoms with Crippen LogP contribution in [0.2, 0.25) is 0 Å². The van der Waals surface area contributed by atoms with Crippen LogP contribution in [0.1, 0.15) is 26.4 Å². The number of carboxylic acids is 1. The molecule has 0 saturated heterocycles. The highest BCUT2D eigenvalue weighted by molar-refractivity contribution is 6.07. The summed E-state index contributed by atoms with van der Waals surface area (Å²) in [5.41, 5.74) is 2.17. The van der Waals surface area contributed by atoms with E-state index in [1.165, 1.54) is 12.3 Å². The fourth-order valence-corrected chi connectivity index (χ4v) is 2.23. The number of fused-ring (bicyclic) bond motifs is 1. The Morgan fingerprint density at radius 3 is 2.82 bits per heavy atom. The van der Waals surface area contributed by atoms with Gasteiger partial charge in [0.1, 0.15) is 11.3 Å². The van der Waals surface area contributed by atoms with Crippen molar-refractivity contribution < 1.29 is 14.7 Å². The van der Waals surface area contributed by atoms with Crippen molar-refractivity contribution in [1.82, 2.24) is 9.38 Å². The second-order valence-corrected chi connectivity index (χ2v) is 4.88. The zero-order valence-corrected chi connectivity index (χ0v) is 11.8. The predicted molar refractivity (Wildman–Crippen MR) is 81.3 cm³/mol. The molecule has 0 aliphatic heterocycles. The minimum absolute atomic E-state index is 0.0489. The highest BCUT2D eigenvalue weighted by Crippen LogP contribution is 2.19. The van der Waals surface area contributed by atoms with Crippen molar-refractivity contribution in [2.24, 2.45) is 0 Å². The van der Waals surface area contributed by atoms with Gasteiger partial charge in [0.05, 0.1) is 17.4 Å². The van der Waals surface area contributed by atoms with Gasteiger partial charge in [-0.25, -0.2) is 9.78 Å². The van der Waals surface area contributed by atoms with E-state index >= 15 is 0 Å². The summed E-state index contributed by atoms with van der Waals surface area (Å²) in [5.74, 6) is -1.50. The van der Waals surface area contributed by atoms with Gasteiger partial charge in [0.2, 0.25) is 0 Å². The van der Waals surface area contributed by atoms with Crippen LogP contribution in [-0.2, 0) is 0 Å². The number of carboxylic acid groups (broad SMARTS) is 1. The van der Waals surface area contributed by atoms with E-state index in [0.717, 1.165) is 5.56 Å². The lowest BCUT2D eigenvalue weighted by Crippen LogP contribution is -2.16. The standard InChI is InChI=1S/C16H13N3O3/c1-10-5-6-11(16(21)22)12(8-10)18-15(20)13-9-17-14-4-2-3-7-19(13)14/h2-9H,1H3,(H,18,20)(H,21,22). The van der Waals surface area contributed by atoms with Crippen molar-refractivity contribution in [3.05, 3.63) is 65.6 Å². The Hall–Kier alpha value is -3.15. The van der Waals surface area contributed by atoms with E-state index in [0.29, 0.717) is 11.3 Å². The maximum atomic E-state index is 12.4. The SMILES string of the molecule is Cc1ccc(C(=O)O)c(NC(=O)c2cnc3ccccn23)c1. The fraction of sp³-hybridized carbons (Fsp3) is 0.0625. The first kappa shape index (κ1) is 13.8. The molecular formula is C16H13N3O3. The molecule has 6 heteroatoms. The number of nitrogens with zero attached hydrogens (tertiary/aromatic N) is 2. The average molecular weight is 295 g/mol. The van der Waals surface area contributed by atoms with Crippen LogP contribution >= 0.6 is 0 Å². The van der Waals surface area contributed by atoms with Crippen LogP contribution in [0.5, 0.6) is 0 Å². The Morgan fingerprint density at radius 2 is 2.05 bits per heavy atom. The summed E-state index contributed by atoms with van der Waals surface area (Å²) in [6.45, 7) is 1.83. The molecule has 110 valence electrons. The van der Waals surface area contributed by atoms with Gasteiger partial charge in [-0.05, 0) is 36.8 Å². The van der Waals surface area contributed by atoms with E-state index in [9.17, 15) is 14.7 Å². The average Bonchev–Trinajstić information content (AvgIpc) is 2.91. The van der Waals surface area contributed by atoms with Gasteiger partial charge in [0, 0.05) is 6.20 Å². The summed E-state index contributed by atoms with van der Waals surface area (Å²) < 4.78 is 1.64. The highest BCUT2D eigenvalue weighted by Gasteiger charge is 2.16. The molecule has 0 aliphatic carbocycles. The number of hydrogen-bond acceptors (Lipinski definition) is 3. The minimum Gasteiger partial charge on any atom is -0.478 e. The molecule has 2 N–H and O–H groups in total. The van der Waals surface area contributed by atoms with Crippen molar-refractivity contribution >= 4 is 23.2 Å². The van der Waals surface area contributed by atoms with Gasteiger partial charge in [-0.15, -0.1) is 0 Å². The molecule has 0 fully saturated rings. The molecule has 2 heterocycles. The molecule has 0 spiro atoms. The smallest absolute Gasteiger partial charge is 0.337 e. The molecule has 0 aliphatic rings. The molecule has 0 saturated carbocycles. The first-order valence-electron chi connectivity index (χ1n) is 6.63. The van der Waals surface area contributed by atoms with Crippen molar-refractivity contribution in [2.75, 3.05) is 5.32 Å². The van der Waals surface area contributed by atoms with E-state index in [1.807, 2.05) is 13.0 Å². The Bertz CT molecular complexity index is 883. The first-order valence-corrected chi connectivity index (χ1v) is 6.63. The fourth-order valence-electron chi connectivity index (χ4n) is 2.23. The number of rotatable bonds is 3. The Kier molecular flexibility index (Phi) is 3.34. The maximum Gasteiger partial charge on any atom is 0.337 e. The normalized spacial score (nSPS) is 10.6. The Morgan fingerprint density at radius 1 is 1.23 bits per heavy atom. The number of aryl methyl sites for hydroxylation is 1. The molecule has 0 bridgehead atoms. The van der Waals surface area contributed by atoms with E-state index in [4.69, 9.17) is 0 Å². The number of nitrogens with one attached hydrogen (secondary N) is 1. The second kappa shape index (κ2) is 5.33. The number of carbonyl (C=O) groups is 2. The van der Waals surface area contributed by atoms with Gasteiger partial charge in [0.15, 0.2) is 0 Å². The van der Waals surface area contributed by atoms with Gasteiger partial charge in [-0.2, -0.15) is 0 Å². The lowest BCUT2D eigenvalue weighted by Gasteiger charge is -2.09. The number of imidazole rings is 1. The Balaban J connectivity index is 1.98. The van der Waals surface area contributed by atoms with Crippen molar-refractivity contribution in [2.45, 2.75) is 6.92 Å². The molecular weight excluding hydrogens is 282 g/mol. The third-order valence-corrected chi connectivity index (χ3v) is 3.30. The van der Waals surface area contributed by atoms with Crippen molar-refractivity contribution in [3.63, 3.8) is 0 Å². The molecule has 6 nitrogen and oxygen atoms in total. The summed E-state index contributed by atoms with van der Waals surface area (Å²) in [6.07, 6.45) is 3.19. The van der Waals surface area contributed by atoms with Gasteiger partial charge >= 0.3 is 5.97 Å². The monoisotopic (exact) mass is 295 g/mol. The number of aromatic nitrogens is 2. The molecule has 0 radical (unpaired) electrons. The molecule has 0 atom stereocenters. The topological polar surface area (TPSA) is 83.7 Å². The van der Waals surface area contributed by atoms with Crippen LogP contribution in [0.3, 0.4) is 0 Å². The lowest BCUT2D eigenvalue weighted by atomic mass is 10.1. The van der Waals surface area contributed by atoms with E-state index in [1.54, 1.807) is 34.9 Å². The van der Waals surface area contributed by atoms with Crippen LogP contribution in [0.25, 0.3) is 5.65 Å². The first-order chi connectivity index (χ1) is 10.6. The van der Waals surface area contributed by atoms with E-state index in [-0.39, 0.29) is 11.3 Å². The largest absolute Gasteiger partial charge is 0.478 e. The molecule has 2 aromatic heterocycles. The third kappa shape index (κ3) is 2.42. The molecule has 1 amide bonds. The molecule has 3 aromatic rings. The maximum absolute atomic E-state index is 12.4. The predicted octanol–water partition coefficient (Wildman–Crippen LogP) is 2.59. The highest BCUT2D eigenvalue weighted by atomic mass is 16.4. The van der Waals surface area contributed by atoms with Crippen LogP contribution in [0.4, 0.5) is 5.69 Å². The van der Waals surface area contributed by atoms with E-state index < -0.39 is 11.9 Å². The Labute approximate surface area is 126 Å². The van der Waals surface area contributed by atoms with Gasteiger partial charge in [0.25, 0.3) is 5.91 Å². The summed E-state index contributed by atoms with van der Waals surface area (Å²) in [7, 11) is 0.